The second kappa shape index (κ2) is 7.16. The summed E-state index contributed by atoms with van der Waals surface area (Å²) >= 11 is 0. The van der Waals surface area contributed by atoms with Gasteiger partial charge in [-0.05, 0) is 29.8 Å². The van der Waals surface area contributed by atoms with Gasteiger partial charge in [-0.3, -0.25) is 4.79 Å². The first-order valence-electron chi connectivity index (χ1n) is 7.54. The highest BCUT2D eigenvalue weighted by Crippen LogP contribution is 2.32. The fourth-order valence-corrected chi connectivity index (χ4v) is 3.05. The zero-order chi connectivity index (χ0) is 17.9. The highest BCUT2D eigenvalue weighted by atomic mass is 32.2. The molecule has 1 amide bonds. The smallest absolute Gasteiger partial charge is 0.235 e. The molecule has 1 N–H and O–H groups in total. The average molecular weight is 366 g/mol. The average Bonchev–Trinajstić information content (AvgIpc) is 3.22. The SMILES string of the molecule is CS(=O)(=O)N(CC(=O)NCc1ccc2c(c1)OCO2)Cc1ccco1. The van der Waals surface area contributed by atoms with Crippen LogP contribution in [-0.2, 0) is 27.9 Å². The quantitative estimate of drug-likeness (QED) is 0.788. The van der Waals surface area contributed by atoms with Gasteiger partial charge in [0.25, 0.3) is 0 Å². The lowest BCUT2D eigenvalue weighted by molar-refractivity contribution is -0.121. The minimum Gasteiger partial charge on any atom is -0.468 e. The van der Waals surface area contributed by atoms with Gasteiger partial charge in [-0.25, -0.2) is 8.42 Å². The molecule has 0 aliphatic carbocycles. The maximum atomic E-state index is 12.1. The zero-order valence-corrected chi connectivity index (χ0v) is 14.4. The lowest BCUT2D eigenvalue weighted by atomic mass is 10.2. The third-order valence-electron chi connectivity index (χ3n) is 3.63. The van der Waals surface area contributed by atoms with Crippen LogP contribution in [0.25, 0.3) is 0 Å². The number of amides is 1. The molecule has 3 rings (SSSR count). The molecule has 1 aliphatic heterocycles. The molecule has 1 aromatic carbocycles. The van der Waals surface area contributed by atoms with Gasteiger partial charge in [0.2, 0.25) is 22.7 Å². The van der Waals surface area contributed by atoms with Crippen molar-refractivity contribution in [1.29, 1.82) is 0 Å². The first-order valence-corrected chi connectivity index (χ1v) is 9.39. The molecular weight excluding hydrogens is 348 g/mol. The second-order valence-electron chi connectivity index (χ2n) is 5.57. The number of hydrogen-bond acceptors (Lipinski definition) is 6. The Kier molecular flexibility index (Phi) is 4.95. The van der Waals surface area contributed by atoms with Crippen LogP contribution in [0, 0.1) is 0 Å². The van der Waals surface area contributed by atoms with Gasteiger partial charge in [0.05, 0.1) is 25.6 Å². The molecule has 2 aromatic rings. The van der Waals surface area contributed by atoms with Gasteiger partial charge < -0.3 is 19.2 Å². The van der Waals surface area contributed by atoms with Crippen LogP contribution in [-0.4, -0.2) is 38.2 Å². The Labute approximate surface area is 145 Å². The number of ether oxygens (including phenoxy) is 2. The van der Waals surface area contributed by atoms with Gasteiger partial charge in [0.1, 0.15) is 5.76 Å². The van der Waals surface area contributed by atoms with Crippen molar-refractivity contribution in [3.63, 3.8) is 0 Å². The molecular formula is C16H18N2O6S. The summed E-state index contributed by atoms with van der Waals surface area (Å²) in [4.78, 5) is 12.1. The molecule has 1 aliphatic rings. The fourth-order valence-electron chi connectivity index (χ4n) is 2.33. The molecule has 9 heteroatoms. The van der Waals surface area contributed by atoms with E-state index in [0.717, 1.165) is 16.1 Å². The number of nitrogens with one attached hydrogen (secondary N) is 1. The van der Waals surface area contributed by atoms with Gasteiger partial charge in [-0.15, -0.1) is 0 Å². The first kappa shape index (κ1) is 17.3. The summed E-state index contributed by atoms with van der Waals surface area (Å²) in [5, 5.41) is 2.70. The third kappa shape index (κ3) is 4.52. The highest BCUT2D eigenvalue weighted by molar-refractivity contribution is 7.88. The molecule has 8 nitrogen and oxygen atoms in total. The number of rotatable bonds is 7. The monoisotopic (exact) mass is 366 g/mol. The van der Waals surface area contributed by atoms with E-state index in [0.29, 0.717) is 17.3 Å². The van der Waals surface area contributed by atoms with Crippen molar-refractivity contribution >= 4 is 15.9 Å². The van der Waals surface area contributed by atoms with E-state index in [2.05, 4.69) is 5.32 Å². The third-order valence-corrected chi connectivity index (χ3v) is 4.82. The Morgan fingerprint density at radius 2 is 2.04 bits per heavy atom. The maximum absolute atomic E-state index is 12.1. The van der Waals surface area contributed by atoms with E-state index in [1.54, 1.807) is 24.3 Å². The van der Waals surface area contributed by atoms with Crippen molar-refractivity contribution in [3.05, 3.63) is 47.9 Å². The Bertz CT molecular complexity index is 848. The van der Waals surface area contributed by atoms with E-state index in [-0.39, 0.29) is 26.4 Å². The first-order chi connectivity index (χ1) is 11.9. The number of furan rings is 1. The summed E-state index contributed by atoms with van der Waals surface area (Å²) in [5.74, 6) is 1.35. The highest BCUT2D eigenvalue weighted by Gasteiger charge is 2.21. The van der Waals surface area contributed by atoms with Crippen LogP contribution >= 0.6 is 0 Å². The molecule has 25 heavy (non-hydrogen) atoms. The number of carbonyl (C=O) groups excluding carboxylic acids is 1. The van der Waals surface area contributed by atoms with Crippen molar-refractivity contribution in [2.75, 3.05) is 19.6 Å². The largest absolute Gasteiger partial charge is 0.468 e. The minimum atomic E-state index is -3.55. The lowest BCUT2D eigenvalue weighted by Crippen LogP contribution is -2.39. The minimum absolute atomic E-state index is 0.00325. The van der Waals surface area contributed by atoms with Crippen molar-refractivity contribution in [2.45, 2.75) is 13.1 Å². The number of sulfonamides is 1. The Morgan fingerprint density at radius 3 is 2.76 bits per heavy atom. The number of fused-ring (bicyclic) bond motifs is 1. The van der Waals surface area contributed by atoms with Crippen molar-refractivity contribution in [1.82, 2.24) is 9.62 Å². The van der Waals surface area contributed by atoms with E-state index >= 15 is 0 Å². The van der Waals surface area contributed by atoms with Gasteiger partial charge >= 0.3 is 0 Å². The standard InChI is InChI=1S/C16H18N2O6S/c1-25(20,21)18(9-13-3-2-6-22-13)10-16(19)17-8-12-4-5-14-15(7-12)24-11-23-14/h2-7H,8-11H2,1H3,(H,17,19). The van der Waals surface area contributed by atoms with Crippen LogP contribution in [0.5, 0.6) is 11.5 Å². The van der Waals surface area contributed by atoms with Crippen LogP contribution in [0.3, 0.4) is 0 Å². The normalized spacial score (nSPS) is 13.2. The molecule has 0 saturated carbocycles. The molecule has 0 spiro atoms. The topological polar surface area (TPSA) is 98.1 Å². The number of carbonyl (C=O) groups is 1. The maximum Gasteiger partial charge on any atom is 0.235 e. The van der Waals surface area contributed by atoms with Crippen LogP contribution in [0.2, 0.25) is 0 Å². The van der Waals surface area contributed by atoms with Crippen LogP contribution in [0.15, 0.2) is 41.0 Å². The molecule has 1 aromatic heterocycles. The van der Waals surface area contributed by atoms with Crippen molar-refractivity contribution in [2.24, 2.45) is 0 Å². The van der Waals surface area contributed by atoms with E-state index in [1.165, 1.54) is 6.26 Å². The molecule has 0 radical (unpaired) electrons. The predicted octanol–water partition coefficient (Wildman–Crippen LogP) is 1.09. The molecule has 0 bridgehead atoms. The van der Waals surface area contributed by atoms with E-state index in [4.69, 9.17) is 13.9 Å². The summed E-state index contributed by atoms with van der Waals surface area (Å²) < 4.78 is 40.5. The van der Waals surface area contributed by atoms with Gasteiger partial charge in [-0.1, -0.05) is 6.07 Å². The fraction of sp³-hybridized carbons (Fsp3) is 0.312. The Hall–Kier alpha value is -2.52. The molecule has 134 valence electrons. The summed E-state index contributed by atoms with van der Waals surface area (Å²) in [6.07, 6.45) is 2.51. The summed E-state index contributed by atoms with van der Waals surface area (Å²) in [7, 11) is -3.55. The van der Waals surface area contributed by atoms with Crippen LogP contribution in [0.4, 0.5) is 0 Å². The lowest BCUT2D eigenvalue weighted by Gasteiger charge is -2.18. The number of benzene rings is 1. The molecule has 0 unspecified atom stereocenters. The number of hydrogen-bond donors (Lipinski definition) is 1. The van der Waals surface area contributed by atoms with Crippen molar-refractivity contribution < 1.29 is 27.1 Å². The Morgan fingerprint density at radius 1 is 1.24 bits per heavy atom. The van der Waals surface area contributed by atoms with Gasteiger partial charge in [0, 0.05) is 6.54 Å². The molecule has 2 heterocycles. The molecule has 0 atom stereocenters. The van der Waals surface area contributed by atoms with Crippen LogP contribution in [0.1, 0.15) is 11.3 Å². The molecule has 0 fully saturated rings. The summed E-state index contributed by atoms with van der Waals surface area (Å²) in [6, 6.07) is 8.67. The Balaban J connectivity index is 1.58. The summed E-state index contributed by atoms with van der Waals surface area (Å²) in [5.41, 5.74) is 0.828. The summed E-state index contributed by atoms with van der Waals surface area (Å²) in [6.45, 7) is 0.155. The van der Waals surface area contributed by atoms with Crippen LogP contribution < -0.4 is 14.8 Å². The zero-order valence-electron chi connectivity index (χ0n) is 13.6. The number of nitrogens with zero attached hydrogens (tertiary/aromatic N) is 1. The van der Waals surface area contributed by atoms with E-state index < -0.39 is 15.9 Å². The predicted molar refractivity (Wildman–Crippen MR) is 88.4 cm³/mol. The van der Waals surface area contributed by atoms with E-state index in [9.17, 15) is 13.2 Å². The van der Waals surface area contributed by atoms with Gasteiger partial charge in [0.15, 0.2) is 11.5 Å². The van der Waals surface area contributed by atoms with Gasteiger partial charge in [-0.2, -0.15) is 4.31 Å². The second-order valence-corrected chi connectivity index (χ2v) is 7.56. The van der Waals surface area contributed by atoms with E-state index in [1.807, 2.05) is 6.07 Å². The van der Waals surface area contributed by atoms with Crippen molar-refractivity contribution in [3.8, 4) is 11.5 Å². The molecule has 0 saturated heterocycles.